The van der Waals surface area contributed by atoms with Gasteiger partial charge in [0.05, 0.1) is 24.2 Å². The van der Waals surface area contributed by atoms with Crippen LogP contribution in [0.5, 0.6) is 5.75 Å². The predicted molar refractivity (Wildman–Crippen MR) is 104 cm³/mol. The fourth-order valence-corrected chi connectivity index (χ4v) is 3.41. The van der Waals surface area contributed by atoms with Crippen LogP contribution in [0.15, 0.2) is 54.6 Å². The number of morpholine rings is 1. The molecule has 1 aliphatic rings. The number of carboxylic acids is 1. The number of aliphatic carboxylic acids is 1. The van der Waals surface area contributed by atoms with Crippen LogP contribution < -0.4 is 4.74 Å². The van der Waals surface area contributed by atoms with Crippen LogP contribution in [-0.4, -0.2) is 57.2 Å². The van der Waals surface area contributed by atoms with Crippen molar-refractivity contribution in [2.24, 2.45) is 0 Å². The van der Waals surface area contributed by atoms with E-state index in [2.05, 4.69) is 4.98 Å². The van der Waals surface area contributed by atoms with E-state index < -0.39 is 12.0 Å². The highest BCUT2D eigenvalue weighted by Crippen LogP contribution is 2.19. The third-order valence-corrected chi connectivity index (χ3v) is 4.87. The van der Waals surface area contributed by atoms with Gasteiger partial charge in [0.2, 0.25) is 5.91 Å². The highest BCUT2D eigenvalue weighted by Gasteiger charge is 2.33. The van der Waals surface area contributed by atoms with Crippen LogP contribution in [-0.2, 0) is 27.5 Å². The van der Waals surface area contributed by atoms with Gasteiger partial charge < -0.3 is 24.0 Å². The van der Waals surface area contributed by atoms with Crippen LogP contribution in [0.4, 0.5) is 0 Å². The van der Waals surface area contributed by atoms with Gasteiger partial charge in [-0.1, -0.05) is 30.3 Å². The Kier molecular flexibility index (Phi) is 5.44. The number of carboxylic acid groups (broad SMARTS) is 1. The van der Waals surface area contributed by atoms with E-state index in [1.807, 2.05) is 54.6 Å². The summed E-state index contributed by atoms with van der Waals surface area (Å²) in [6.45, 7) is 0.743. The molecule has 4 rings (SSSR count). The van der Waals surface area contributed by atoms with Crippen molar-refractivity contribution in [2.75, 3.05) is 19.8 Å². The first-order valence-corrected chi connectivity index (χ1v) is 9.35. The maximum Gasteiger partial charge on any atom is 0.328 e. The standard InChI is InChI=1S/C21H21N3O5/c25-20(23-10-11-28-13-18(23)21(26)27)12-24-17-9-5-4-8-16(17)22-19(24)14-29-15-6-2-1-3-7-15/h1-9,18H,10-14H2,(H,26,27)/t18-/m0/s1. The van der Waals surface area contributed by atoms with E-state index in [-0.39, 0.29) is 32.2 Å². The fraction of sp³-hybridized carbons (Fsp3) is 0.286. The molecule has 8 heteroatoms. The Labute approximate surface area is 167 Å². The van der Waals surface area contributed by atoms with Crippen LogP contribution in [0.25, 0.3) is 11.0 Å². The molecule has 1 amide bonds. The van der Waals surface area contributed by atoms with E-state index in [0.29, 0.717) is 18.2 Å². The smallest absolute Gasteiger partial charge is 0.328 e. The molecule has 1 fully saturated rings. The van der Waals surface area contributed by atoms with Crippen LogP contribution >= 0.6 is 0 Å². The minimum atomic E-state index is -1.07. The largest absolute Gasteiger partial charge is 0.486 e. The van der Waals surface area contributed by atoms with E-state index >= 15 is 0 Å². The molecule has 0 saturated carbocycles. The van der Waals surface area contributed by atoms with Crippen molar-refractivity contribution in [1.82, 2.24) is 14.5 Å². The highest BCUT2D eigenvalue weighted by molar-refractivity contribution is 5.85. The third-order valence-electron chi connectivity index (χ3n) is 4.87. The molecule has 0 aliphatic carbocycles. The Morgan fingerprint density at radius 3 is 2.69 bits per heavy atom. The average molecular weight is 395 g/mol. The Balaban J connectivity index is 1.59. The molecule has 0 bridgehead atoms. The maximum atomic E-state index is 13.0. The van der Waals surface area contributed by atoms with Gasteiger partial charge in [-0.2, -0.15) is 0 Å². The van der Waals surface area contributed by atoms with Gasteiger partial charge in [0.25, 0.3) is 0 Å². The molecule has 1 aliphatic heterocycles. The van der Waals surface area contributed by atoms with Gasteiger partial charge in [-0.05, 0) is 24.3 Å². The molecule has 1 aromatic heterocycles. The van der Waals surface area contributed by atoms with E-state index in [4.69, 9.17) is 9.47 Å². The summed E-state index contributed by atoms with van der Waals surface area (Å²) in [6.07, 6.45) is 0. The number of fused-ring (bicyclic) bond motifs is 1. The molecule has 3 aromatic rings. The van der Waals surface area contributed by atoms with Crippen LogP contribution in [0.2, 0.25) is 0 Å². The van der Waals surface area contributed by atoms with Crippen molar-refractivity contribution in [1.29, 1.82) is 0 Å². The van der Waals surface area contributed by atoms with Crippen molar-refractivity contribution >= 4 is 22.9 Å². The summed E-state index contributed by atoms with van der Waals surface area (Å²) in [6, 6.07) is 15.9. The van der Waals surface area contributed by atoms with Gasteiger partial charge in [0, 0.05) is 6.54 Å². The Hall–Kier alpha value is -3.39. The number of nitrogens with zero attached hydrogens (tertiary/aromatic N) is 3. The lowest BCUT2D eigenvalue weighted by molar-refractivity contribution is -0.158. The number of carbonyl (C=O) groups is 2. The van der Waals surface area contributed by atoms with Gasteiger partial charge in [-0.15, -0.1) is 0 Å². The number of carbonyl (C=O) groups excluding carboxylic acids is 1. The molecular weight excluding hydrogens is 374 g/mol. The SMILES string of the molecule is O=C(O)[C@@H]1COCCN1C(=O)Cn1c(COc2ccccc2)nc2ccccc21. The molecule has 1 N–H and O–H groups in total. The number of imidazole rings is 1. The molecular formula is C21H21N3O5. The van der Waals surface area contributed by atoms with Crippen LogP contribution in [0.3, 0.4) is 0 Å². The summed E-state index contributed by atoms with van der Waals surface area (Å²) in [4.78, 5) is 30.4. The fourth-order valence-electron chi connectivity index (χ4n) is 3.41. The zero-order valence-electron chi connectivity index (χ0n) is 15.7. The van der Waals surface area contributed by atoms with Crippen molar-refractivity contribution in [3.8, 4) is 5.75 Å². The number of rotatable bonds is 6. The second-order valence-corrected chi connectivity index (χ2v) is 6.72. The van der Waals surface area contributed by atoms with Gasteiger partial charge in [-0.25, -0.2) is 9.78 Å². The number of hydrogen-bond donors (Lipinski definition) is 1. The van der Waals surface area contributed by atoms with Gasteiger partial charge >= 0.3 is 5.97 Å². The predicted octanol–water partition coefficient (Wildman–Crippen LogP) is 1.93. The molecule has 1 atom stereocenters. The Morgan fingerprint density at radius 1 is 1.14 bits per heavy atom. The van der Waals surface area contributed by atoms with Gasteiger partial charge in [0.15, 0.2) is 6.04 Å². The first kappa shape index (κ1) is 18.9. The summed E-state index contributed by atoms with van der Waals surface area (Å²) >= 11 is 0. The molecule has 8 nitrogen and oxygen atoms in total. The van der Waals surface area contributed by atoms with Crippen molar-refractivity contribution in [2.45, 2.75) is 19.2 Å². The van der Waals surface area contributed by atoms with Crippen molar-refractivity contribution < 1.29 is 24.2 Å². The summed E-state index contributed by atoms with van der Waals surface area (Å²) < 4.78 is 12.8. The second-order valence-electron chi connectivity index (χ2n) is 6.72. The maximum absolute atomic E-state index is 13.0. The lowest BCUT2D eigenvalue weighted by atomic mass is 10.2. The Bertz CT molecular complexity index is 1020. The summed E-state index contributed by atoms with van der Waals surface area (Å²) in [5.74, 6) is -0.0499. The molecule has 1 saturated heterocycles. The van der Waals surface area contributed by atoms with Gasteiger partial charge in [-0.3, -0.25) is 4.79 Å². The summed E-state index contributed by atoms with van der Waals surface area (Å²) in [5, 5.41) is 9.41. The van der Waals surface area contributed by atoms with E-state index in [9.17, 15) is 14.7 Å². The van der Waals surface area contributed by atoms with Crippen molar-refractivity contribution in [3.63, 3.8) is 0 Å². The minimum Gasteiger partial charge on any atom is -0.486 e. The highest BCUT2D eigenvalue weighted by atomic mass is 16.5. The average Bonchev–Trinajstić information content (AvgIpc) is 3.10. The first-order valence-electron chi connectivity index (χ1n) is 9.35. The van der Waals surface area contributed by atoms with E-state index in [1.54, 1.807) is 4.57 Å². The second kappa shape index (κ2) is 8.32. The molecule has 2 heterocycles. The van der Waals surface area contributed by atoms with Gasteiger partial charge in [0.1, 0.15) is 24.7 Å². The summed E-state index contributed by atoms with van der Waals surface area (Å²) in [7, 11) is 0. The number of hydrogen-bond acceptors (Lipinski definition) is 5. The molecule has 29 heavy (non-hydrogen) atoms. The van der Waals surface area contributed by atoms with Crippen LogP contribution in [0, 0.1) is 0 Å². The molecule has 0 unspecified atom stereocenters. The zero-order chi connectivity index (χ0) is 20.2. The number of benzene rings is 2. The monoisotopic (exact) mass is 395 g/mol. The summed E-state index contributed by atoms with van der Waals surface area (Å²) in [5.41, 5.74) is 1.55. The molecule has 0 radical (unpaired) electrons. The van der Waals surface area contributed by atoms with E-state index in [1.165, 1.54) is 4.90 Å². The van der Waals surface area contributed by atoms with Crippen molar-refractivity contribution in [3.05, 3.63) is 60.4 Å². The lowest BCUT2D eigenvalue weighted by Gasteiger charge is -2.33. The molecule has 0 spiro atoms. The van der Waals surface area contributed by atoms with E-state index in [0.717, 1.165) is 11.0 Å². The number of ether oxygens (including phenoxy) is 2. The van der Waals surface area contributed by atoms with Crippen LogP contribution in [0.1, 0.15) is 5.82 Å². The normalized spacial score (nSPS) is 16.7. The minimum absolute atomic E-state index is 0.00424. The Morgan fingerprint density at radius 2 is 1.90 bits per heavy atom. The third kappa shape index (κ3) is 4.07. The molecule has 150 valence electrons. The number of aromatic nitrogens is 2. The quantitative estimate of drug-likeness (QED) is 0.685. The molecule has 2 aromatic carbocycles. The lowest BCUT2D eigenvalue weighted by Crippen LogP contribution is -2.53. The number of para-hydroxylation sites is 3. The first-order chi connectivity index (χ1) is 14.1. The number of amides is 1. The topological polar surface area (TPSA) is 93.9 Å². The zero-order valence-corrected chi connectivity index (χ0v) is 15.7.